The van der Waals surface area contributed by atoms with Crippen molar-refractivity contribution in [3.05, 3.63) is 70.8 Å². The summed E-state index contributed by atoms with van der Waals surface area (Å²) in [4.78, 5) is 12.4. The van der Waals surface area contributed by atoms with Gasteiger partial charge in [-0.25, -0.2) is 0 Å². The number of amides is 1. The predicted molar refractivity (Wildman–Crippen MR) is 90.8 cm³/mol. The van der Waals surface area contributed by atoms with E-state index in [1.807, 2.05) is 69.3 Å². The maximum Gasteiger partial charge on any atom is 0.252 e. The number of hydrogen-bond acceptors (Lipinski definition) is 1. The Morgan fingerprint density at radius 3 is 2.32 bits per heavy atom. The molecule has 0 spiro atoms. The van der Waals surface area contributed by atoms with Crippen LogP contribution >= 0.6 is 0 Å². The van der Waals surface area contributed by atoms with Gasteiger partial charge in [-0.2, -0.15) is 0 Å². The monoisotopic (exact) mass is 291 g/mol. The van der Waals surface area contributed by atoms with Crippen LogP contribution in [0.1, 0.15) is 40.4 Å². The highest BCUT2D eigenvalue weighted by molar-refractivity contribution is 5.97. The van der Waals surface area contributed by atoms with Gasteiger partial charge in [0.15, 0.2) is 0 Å². The Hall–Kier alpha value is -2.53. The highest BCUT2D eigenvalue weighted by Crippen LogP contribution is 2.13. The van der Waals surface area contributed by atoms with Crippen molar-refractivity contribution in [2.75, 3.05) is 0 Å². The minimum atomic E-state index is -0.0235. The fraction of sp³-hybridized carbons (Fsp3) is 0.250. The van der Waals surface area contributed by atoms with Crippen LogP contribution in [0.15, 0.2) is 48.5 Å². The van der Waals surface area contributed by atoms with Crippen molar-refractivity contribution in [2.45, 2.75) is 33.2 Å². The zero-order chi connectivity index (χ0) is 15.9. The highest BCUT2D eigenvalue weighted by atomic mass is 16.1. The van der Waals surface area contributed by atoms with Gasteiger partial charge in [-0.3, -0.25) is 4.79 Å². The lowest BCUT2D eigenvalue weighted by Crippen LogP contribution is -2.33. The van der Waals surface area contributed by atoms with Crippen molar-refractivity contribution in [2.24, 2.45) is 0 Å². The van der Waals surface area contributed by atoms with E-state index in [0.29, 0.717) is 6.42 Å². The van der Waals surface area contributed by atoms with Crippen LogP contribution in [0.3, 0.4) is 0 Å². The van der Waals surface area contributed by atoms with Crippen LogP contribution in [0.4, 0.5) is 0 Å². The van der Waals surface area contributed by atoms with Gasteiger partial charge in [-0.15, -0.1) is 0 Å². The Labute approximate surface area is 132 Å². The Bertz CT molecular complexity index is 687. The molecule has 0 heterocycles. The number of nitrogens with one attached hydrogen (secondary N) is 1. The van der Waals surface area contributed by atoms with Crippen LogP contribution in [0.2, 0.25) is 0 Å². The SMILES string of the molecule is Cc1cccc(C)c1C(=O)NC(C)CC#Cc1ccccc1. The number of carbonyl (C=O) groups excluding carboxylic acids is 1. The van der Waals surface area contributed by atoms with Gasteiger partial charge in [0.25, 0.3) is 5.91 Å². The van der Waals surface area contributed by atoms with Gasteiger partial charge in [0.2, 0.25) is 0 Å². The van der Waals surface area contributed by atoms with E-state index in [1.54, 1.807) is 0 Å². The average molecular weight is 291 g/mol. The second kappa shape index (κ2) is 7.47. The molecule has 1 amide bonds. The van der Waals surface area contributed by atoms with Crippen molar-refractivity contribution < 1.29 is 4.79 Å². The van der Waals surface area contributed by atoms with Crippen molar-refractivity contribution in [1.29, 1.82) is 0 Å². The zero-order valence-corrected chi connectivity index (χ0v) is 13.3. The van der Waals surface area contributed by atoms with E-state index in [2.05, 4.69) is 17.2 Å². The van der Waals surface area contributed by atoms with Crippen LogP contribution in [0, 0.1) is 25.7 Å². The third-order valence-corrected chi connectivity index (χ3v) is 3.50. The largest absolute Gasteiger partial charge is 0.349 e. The lowest BCUT2D eigenvalue weighted by atomic mass is 10.0. The molecule has 2 aromatic carbocycles. The first-order valence-corrected chi connectivity index (χ1v) is 7.49. The predicted octanol–water partition coefficient (Wildman–Crippen LogP) is 3.86. The van der Waals surface area contributed by atoms with E-state index in [4.69, 9.17) is 0 Å². The molecule has 0 aliphatic carbocycles. The number of rotatable bonds is 3. The molecule has 2 aromatic rings. The summed E-state index contributed by atoms with van der Waals surface area (Å²) in [5.74, 6) is 6.21. The summed E-state index contributed by atoms with van der Waals surface area (Å²) in [6, 6.07) is 15.8. The molecular formula is C20H21NO. The number of carbonyl (C=O) groups is 1. The van der Waals surface area contributed by atoms with E-state index in [-0.39, 0.29) is 11.9 Å². The van der Waals surface area contributed by atoms with E-state index < -0.39 is 0 Å². The molecule has 0 aliphatic heterocycles. The number of aryl methyl sites for hydroxylation is 2. The maximum absolute atomic E-state index is 12.4. The van der Waals surface area contributed by atoms with Crippen molar-refractivity contribution in [3.63, 3.8) is 0 Å². The Morgan fingerprint density at radius 2 is 1.68 bits per heavy atom. The van der Waals surface area contributed by atoms with Gasteiger partial charge in [0.1, 0.15) is 0 Å². The van der Waals surface area contributed by atoms with E-state index >= 15 is 0 Å². The topological polar surface area (TPSA) is 29.1 Å². The Morgan fingerprint density at radius 1 is 1.05 bits per heavy atom. The smallest absolute Gasteiger partial charge is 0.252 e. The van der Waals surface area contributed by atoms with Crippen LogP contribution in [0.5, 0.6) is 0 Å². The van der Waals surface area contributed by atoms with Gasteiger partial charge in [0, 0.05) is 23.6 Å². The zero-order valence-electron chi connectivity index (χ0n) is 13.3. The normalized spacial score (nSPS) is 11.2. The fourth-order valence-corrected chi connectivity index (χ4v) is 2.35. The summed E-state index contributed by atoms with van der Waals surface area (Å²) in [5, 5.41) is 3.02. The second-order valence-electron chi connectivity index (χ2n) is 5.51. The van der Waals surface area contributed by atoms with Gasteiger partial charge in [-0.05, 0) is 44.0 Å². The van der Waals surface area contributed by atoms with Crippen LogP contribution in [-0.4, -0.2) is 11.9 Å². The average Bonchev–Trinajstić information content (AvgIpc) is 2.48. The van der Waals surface area contributed by atoms with E-state index in [9.17, 15) is 4.79 Å². The van der Waals surface area contributed by atoms with E-state index in [0.717, 1.165) is 22.3 Å². The first-order valence-electron chi connectivity index (χ1n) is 7.49. The molecule has 1 unspecified atom stereocenters. The molecule has 112 valence electrons. The summed E-state index contributed by atoms with van der Waals surface area (Å²) < 4.78 is 0. The summed E-state index contributed by atoms with van der Waals surface area (Å²) in [6.07, 6.45) is 0.631. The summed E-state index contributed by atoms with van der Waals surface area (Å²) in [6.45, 7) is 5.90. The molecule has 0 saturated carbocycles. The molecule has 0 aromatic heterocycles. The van der Waals surface area contributed by atoms with E-state index in [1.165, 1.54) is 0 Å². The molecule has 0 radical (unpaired) electrons. The molecule has 22 heavy (non-hydrogen) atoms. The minimum absolute atomic E-state index is 0.0164. The third-order valence-electron chi connectivity index (χ3n) is 3.50. The number of hydrogen-bond donors (Lipinski definition) is 1. The van der Waals surface area contributed by atoms with Gasteiger partial charge < -0.3 is 5.32 Å². The summed E-state index contributed by atoms with van der Waals surface area (Å²) in [5.41, 5.74) is 3.77. The number of benzene rings is 2. The lowest BCUT2D eigenvalue weighted by molar-refractivity contribution is 0.0939. The Kier molecular flexibility index (Phi) is 5.38. The van der Waals surface area contributed by atoms with Crippen LogP contribution in [0.25, 0.3) is 0 Å². The first kappa shape index (κ1) is 15.9. The summed E-state index contributed by atoms with van der Waals surface area (Å²) in [7, 11) is 0. The van der Waals surface area contributed by atoms with Crippen LogP contribution in [-0.2, 0) is 0 Å². The summed E-state index contributed by atoms with van der Waals surface area (Å²) >= 11 is 0. The molecule has 2 rings (SSSR count). The molecule has 0 saturated heterocycles. The molecule has 0 fully saturated rings. The Balaban J connectivity index is 1.96. The van der Waals surface area contributed by atoms with Crippen molar-refractivity contribution >= 4 is 5.91 Å². The van der Waals surface area contributed by atoms with Crippen molar-refractivity contribution in [3.8, 4) is 11.8 Å². The molecule has 2 heteroatoms. The third kappa shape index (κ3) is 4.23. The molecule has 1 atom stereocenters. The fourth-order valence-electron chi connectivity index (χ4n) is 2.35. The van der Waals surface area contributed by atoms with Gasteiger partial charge >= 0.3 is 0 Å². The molecular weight excluding hydrogens is 270 g/mol. The second-order valence-corrected chi connectivity index (χ2v) is 5.51. The quantitative estimate of drug-likeness (QED) is 0.855. The lowest BCUT2D eigenvalue weighted by Gasteiger charge is -2.14. The van der Waals surface area contributed by atoms with Gasteiger partial charge in [0.05, 0.1) is 0 Å². The maximum atomic E-state index is 12.4. The highest BCUT2D eigenvalue weighted by Gasteiger charge is 2.13. The molecule has 0 bridgehead atoms. The van der Waals surface area contributed by atoms with Crippen LogP contribution < -0.4 is 5.32 Å². The van der Waals surface area contributed by atoms with Gasteiger partial charge in [-0.1, -0.05) is 48.2 Å². The minimum Gasteiger partial charge on any atom is -0.349 e. The molecule has 0 aliphatic rings. The molecule has 1 N–H and O–H groups in total. The molecule has 2 nitrogen and oxygen atoms in total. The standard InChI is InChI=1S/C20H21NO/c1-15-9-7-10-16(2)19(15)20(22)21-17(3)11-8-14-18-12-5-4-6-13-18/h4-7,9-10,12-13,17H,11H2,1-3H3,(H,21,22). The first-order chi connectivity index (χ1) is 10.6. The van der Waals surface area contributed by atoms with Crippen molar-refractivity contribution in [1.82, 2.24) is 5.32 Å².